The van der Waals surface area contributed by atoms with E-state index in [-0.39, 0.29) is 30.8 Å². The standard InChI is InChI=1S/C42H69NO10/c1-7-37(45)31(3)30(2)15-11-10-13-17-39(46)43-20-22-51-24-23-50-21-14-9-8-12-16-32-18-19-38(34(25-32)29-52-41(49)42(4,5)6)53-36-27-33(40(47)48)26-35(44)28-36/h18-19,25,30-31,33,35-36,44H,7-17,20-24,26-29H2,1-6H3,(H,43,46)(H,47,48). The Morgan fingerprint density at radius 1 is 0.887 bits per heavy atom. The summed E-state index contributed by atoms with van der Waals surface area (Å²) in [5, 5.41) is 22.6. The van der Waals surface area contributed by atoms with Gasteiger partial charge in [0, 0.05) is 43.9 Å². The highest BCUT2D eigenvalue weighted by Gasteiger charge is 2.33. The predicted molar refractivity (Wildman–Crippen MR) is 205 cm³/mol. The van der Waals surface area contributed by atoms with Gasteiger partial charge in [0.2, 0.25) is 5.91 Å². The Morgan fingerprint density at radius 2 is 1.58 bits per heavy atom. The minimum atomic E-state index is -0.931. The lowest BCUT2D eigenvalue weighted by atomic mass is 9.85. The van der Waals surface area contributed by atoms with Crippen LogP contribution in [-0.2, 0) is 46.4 Å². The van der Waals surface area contributed by atoms with Crippen LogP contribution in [0, 0.1) is 23.2 Å². The highest BCUT2D eigenvalue weighted by atomic mass is 16.5. The van der Waals surface area contributed by atoms with Gasteiger partial charge >= 0.3 is 11.9 Å². The van der Waals surface area contributed by atoms with Crippen LogP contribution in [0.25, 0.3) is 0 Å². The number of nitrogens with one attached hydrogen (secondary N) is 1. The van der Waals surface area contributed by atoms with E-state index in [1.165, 1.54) is 0 Å². The van der Waals surface area contributed by atoms with Crippen LogP contribution in [0.2, 0.25) is 0 Å². The molecule has 0 radical (unpaired) electrons. The molecule has 0 saturated heterocycles. The van der Waals surface area contributed by atoms with Gasteiger partial charge in [0.05, 0.1) is 37.3 Å². The highest BCUT2D eigenvalue weighted by molar-refractivity contribution is 5.80. The molecule has 0 aromatic heterocycles. The van der Waals surface area contributed by atoms with E-state index in [0.717, 1.165) is 68.9 Å². The number of aryl methyl sites for hydroxylation is 1. The molecule has 1 aromatic rings. The van der Waals surface area contributed by atoms with Gasteiger partial charge in [-0.1, -0.05) is 58.9 Å². The summed E-state index contributed by atoms with van der Waals surface area (Å²) in [7, 11) is 0. The van der Waals surface area contributed by atoms with E-state index >= 15 is 0 Å². The molecule has 1 aliphatic rings. The summed E-state index contributed by atoms with van der Waals surface area (Å²) < 4.78 is 23.1. The summed E-state index contributed by atoms with van der Waals surface area (Å²) >= 11 is 0. The molecule has 11 heteroatoms. The molecule has 5 unspecified atom stereocenters. The number of Topliss-reactive ketones (excluding diaryl/α,β-unsaturated/α-hetero) is 1. The number of ether oxygens (including phenoxy) is 4. The Hall–Kier alpha value is -3.02. The van der Waals surface area contributed by atoms with Crippen molar-refractivity contribution >= 4 is 23.6 Å². The van der Waals surface area contributed by atoms with Gasteiger partial charge in [0.25, 0.3) is 0 Å². The lowest BCUT2D eigenvalue weighted by Crippen LogP contribution is -2.36. The molecule has 0 heterocycles. The zero-order valence-corrected chi connectivity index (χ0v) is 33.4. The molecule has 1 saturated carbocycles. The van der Waals surface area contributed by atoms with Gasteiger partial charge < -0.3 is 34.5 Å². The van der Waals surface area contributed by atoms with Crippen molar-refractivity contribution in [2.24, 2.45) is 23.2 Å². The van der Waals surface area contributed by atoms with Crippen molar-refractivity contribution in [2.45, 2.75) is 150 Å². The average molecular weight is 748 g/mol. The summed E-state index contributed by atoms with van der Waals surface area (Å²) in [6, 6.07) is 5.86. The summed E-state index contributed by atoms with van der Waals surface area (Å²) in [6.45, 7) is 14.2. The zero-order valence-electron chi connectivity index (χ0n) is 33.4. The second-order valence-electron chi connectivity index (χ2n) is 15.8. The number of carbonyl (C=O) groups excluding carboxylic acids is 3. The van der Waals surface area contributed by atoms with Crippen molar-refractivity contribution in [3.63, 3.8) is 0 Å². The summed E-state index contributed by atoms with van der Waals surface area (Å²) in [5.74, 6) is -0.476. The monoisotopic (exact) mass is 747 g/mol. The van der Waals surface area contributed by atoms with Crippen LogP contribution in [0.1, 0.15) is 136 Å². The Bertz CT molecular complexity index is 1240. The minimum absolute atomic E-state index is 0.0499. The van der Waals surface area contributed by atoms with Crippen molar-refractivity contribution in [2.75, 3.05) is 33.0 Å². The predicted octanol–water partition coefficient (Wildman–Crippen LogP) is 7.22. The Morgan fingerprint density at radius 3 is 2.28 bits per heavy atom. The Labute approximate surface area is 318 Å². The maximum atomic E-state index is 12.5. The van der Waals surface area contributed by atoms with E-state index in [1.54, 1.807) is 20.8 Å². The first kappa shape index (κ1) is 46.1. The SMILES string of the molecule is CCC(=O)C(C)C(C)CCCCCC(=O)NCCOCCOCCCCCCc1ccc(OC2CC(O)CC(C(=O)O)C2)c(COC(=O)C(C)(C)C)c1. The molecular formula is C42H69NO10. The number of unbranched alkanes of at least 4 members (excludes halogenated alkanes) is 5. The van der Waals surface area contributed by atoms with Crippen LogP contribution in [0.5, 0.6) is 5.75 Å². The van der Waals surface area contributed by atoms with Gasteiger partial charge in [0.1, 0.15) is 24.2 Å². The fraction of sp³-hybridized carbons (Fsp3) is 0.762. The Balaban J connectivity index is 1.58. The fourth-order valence-electron chi connectivity index (χ4n) is 6.47. The maximum absolute atomic E-state index is 12.5. The molecule has 0 spiro atoms. The number of aliphatic hydroxyl groups is 1. The first-order chi connectivity index (χ1) is 25.2. The molecule has 1 fully saturated rings. The minimum Gasteiger partial charge on any atom is -0.490 e. The van der Waals surface area contributed by atoms with Crippen molar-refractivity contribution < 1.29 is 48.3 Å². The zero-order chi connectivity index (χ0) is 39.2. The number of amides is 1. The number of benzene rings is 1. The van der Waals surface area contributed by atoms with Crippen LogP contribution < -0.4 is 10.1 Å². The number of rotatable bonds is 27. The quantitative estimate of drug-likeness (QED) is 0.0620. The first-order valence-electron chi connectivity index (χ1n) is 20.0. The number of hydrogen-bond donors (Lipinski definition) is 3. The molecule has 302 valence electrons. The van der Waals surface area contributed by atoms with E-state index in [9.17, 15) is 29.4 Å². The largest absolute Gasteiger partial charge is 0.490 e. The van der Waals surface area contributed by atoms with Gasteiger partial charge in [-0.05, 0) is 82.9 Å². The molecule has 0 bridgehead atoms. The molecule has 3 N–H and O–H groups in total. The lowest BCUT2D eigenvalue weighted by Gasteiger charge is -2.31. The molecule has 1 amide bonds. The number of hydrogen-bond acceptors (Lipinski definition) is 9. The average Bonchev–Trinajstić information content (AvgIpc) is 3.11. The van der Waals surface area contributed by atoms with E-state index in [2.05, 4.69) is 12.2 Å². The number of carbonyl (C=O) groups is 4. The molecule has 1 aromatic carbocycles. The van der Waals surface area contributed by atoms with Crippen molar-refractivity contribution in [3.05, 3.63) is 29.3 Å². The molecule has 11 nitrogen and oxygen atoms in total. The maximum Gasteiger partial charge on any atom is 0.311 e. The molecule has 53 heavy (non-hydrogen) atoms. The molecule has 2 rings (SSSR count). The molecule has 1 aliphatic carbocycles. The third-order valence-electron chi connectivity index (χ3n) is 10.1. The van der Waals surface area contributed by atoms with Crippen molar-refractivity contribution in [1.82, 2.24) is 5.32 Å². The van der Waals surface area contributed by atoms with E-state index in [1.807, 2.05) is 32.0 Å². The highest BCUT2D eigenvalue weighted by Crippen LogP contribution is 2.31. The second-order valence-corrected chi connectivity index (χ2v) is 15.8. The molecule has 0 aliphatic heterocycles. The van der Waals surface area contributed by atoms with Crippen molar-refractivity contribution in [3.8, 4) is 5.75 Å². The van der Waals surface area contributed by atoms with E-state index in [4.69, 9.17) is 18.9 Å². The van der Waals surface area contributed by atoms with Gasteiger partial charge in [0.15, 0.2) is 0 Å². The first-order valence-corrected chi connectivity index (χ1v) is 20.0. The van der Waals surface area contributed by atoms with Gasteiger partial charge in [-0.15, -0.1) is 0 Å². The summed E-state index contributed by atoms with van der Waals surface area (Å²) in [5.41, 5.74) is 1.19. The number of carboxylic acid groups (broad SMARTS) is 1. The van der Waals surface area contributed by atoms with Crippen LogP contribution >= 0.6 is 0 Å². The molecular weight excluding hydrogens is 678 g/mol. The number of carboxylic acids is 1. The fourth-order valence-corrected chi connectivity index (χ4v) is 6.47. The third kappa shape index (κ3) is 19.2. The van der Waals surface area contributed by atoms with Crippen LogP contribution in [-0.4, -0.2) is 79.0 Å². The topological polar surface area (TPSA) is 158 Å². The third-order valence-corrected chi connectivity index (χ3v) is 10.1. The van der Waals surface area contributed by atoms with E-state index < -0.39 is 29.5 Å². The van der Waals surface area contributed by atoms with E-state index in [0.29, 0.717) is 76.1 Å². The van der Waals surface area contributed by atoms with Crippen molar-refractivity contribution in [1.29, 1.82) is 0 Å². The van der Waals surface area contributed by atoms with Gasteiger partial charge in [-0.2, -0.15) is 0 Å². The summed E-state index contributed by atoms with van der Waals surface area (Å²) in [4.78, 5) is 48.0. The number of ketones is 1. The second kappa shape index (κ2) is 25.1. The van der Waals surface area contributed by atoms with Crippen LogP contribution in [0.3, 0.4) is 0 Å². The summed E-state index contributed by atoms with van der Waals surface area (Å²) in [6.07, 6.45) is 9.63. The lowest BCUT2D eigenvalue weighted by molar-refractivity contribution is -0.154. The number of aliphatic hydroxyl groups excluding tert-OH is 1. The number of esters is 1. The van der Waals surface area contributed by atoms with Crippen LogP contribution in [0.4, 0.5) is 0 Å². The van der Waals surface area contributed by atoms with Crippen LogP contribution in [0.15, 0.2) is 18.2 Å². The molecule has 5 atom stereocenters. The Kier molecular flexibility index (Phi) is 21.9. The smallest absolute Gasteiger partial charge is 0.311 e. The van der Waals surface area contributed by atoms with Gasteiger partial charge in [-0.25, -0.2) is 0 Å². The normalized spacial score (nSPS) is 18.6. The van der Waals surface area contributed by atoms with Gasteiger partial charge in [-0.3, -0.25) is 19.2 Å². The number of aliphatic carboxylic acids is 1.